The number of carbonyl (C=O) groups is 1. The number of pyridine rings is 1. The Hall–Kier alpha value is -2.11. The van der Waals surface area contributed by atoms with Crippen molar-refractivity contribution in [1.29, 1.82) is 0 Å². The van der Waals surface area contributed by atoms with Gasteiger partial charge in [0.15, 0.2) is 0 Å². The number of benzene rings is 1. The van der Waals surface area contributed by atoms with Crippen LogP contribution >= 0.6 is 23.2 Å². The van der Waals surface area contributed by atoms with Crippen LogP contribution in [0.3, 0.4) is 0 Å². The molecule has 0 aliphatic rings. The van der Waals surface area contributed by atoms with Gasteiger partial charge < -0.3 is 10.3 Å². The molecule has 1 aromatic carbocycles. The van der Waals surface area contributed by atoms with Gasteiger partial charge in [0.2, 0.25) is 0 Å². The number of amides is 1. The van der Waals surface area contributed by atoms with Gasteiger partial charge in [-0.25, -0.2) is 9.97 Å². The molecule has 1 atom stereocenters. The van der Waals surface area contributed by atoms with Crippen LogP contribution in [-0.4, -0.2) is 20.9 Å². The lowest BCUT2D eigenvalue weighted by molar-refractivity contribution is 0.0923. The van der Waals surface area contributed by atoms with E-state index in [1.165, 1.54) is 12.3 Å². The highest BCUT2D eigenvalue weighted by molar-refractivity contribution is 6.41. The van der Waals surface area contributed by atoms with E-state index in [4.69, 9.17) is 23.2 Å². The third-order valence-electron chi connectivity index (χ3n) is 3.71. The zero-order valence-corrected chi connectivity index (χ0v) is 14.7. The first-order valence-electron chi connectivity index (χ1n) is 7.52. The first-order chi connectivity index (χ1) is 11.5. The van der Waals surface area contributed by atoms with E-state index < -0.39 is 0 Å². The molecule has 3 rings (SSSR count). The Bertz CT molecular complexity index is 858. The van der Waals surface area contributed by atoms with Gasteiger partial charge in [-0.2, -0.15) is 0 Å². The second-order valence-corrected chi connectivity index (χ2v) is 6.60. The van der Waals surface area contributed by atoms with Crippen LogP contribution in [0.15, 0.2) is 36.5 Å². The highest BCUT2D eigenvalue weighted by Crippen LogP contribution is 2.24. The Morgan fingerprint density at radius 3 is 2.67 bits per heavy atom. The lowest BCUT2D eigenvalue weighted by atomic mass is 10.0. The fourth-order valence-corrected chi connectivity index (χ4v) is 2.71. The molecule has 0 unspecified atom stereocenters. The maximum absolute atomic E-state index is 12.5. The normalized spacial score (nSPS) is 12.5. The molecule has 0 fully saturated rings. The molecule has 24 heavy (non-hydrogen) atoms. The van der Waals surface area contributed by atoms with Gasteiger partial charge in [-0.05, 0) is 24.1 Å². The van der Waals surface area contributed by atoms with Gasteiger partial charge >= 0.3 is 0 Å². The van der Waals surface area contributed by atoms with Crippen LogP contribution in [0.2, 0.25) is 10.2 Å². The van der Waals surface area contributed by atoms with Crippen molar-refractivity contribution in [3.8, 4) is 0 Å². The summed E-state index contributed by atoms with van der Waals surface area (Å²) < 4.78 is 0. The number of nitrogens with one attached hydrogen (secondary N) is 2. The number of aromatic amines is 1. The summed E-state index contributed by atoms with van der Waals surface area (Å²) in [5, 5.41) is 3.40. The summed E-state index contributed by atoms with van der Waals surface area (Å²) in [5.74, 6) is 0.582. The molecular weight excluding hydrogens is 347 g/mol. The van der Waals surface area contributed by atoms with E-state index in [0.29, 0.717) is 11.4 Å². The number of imidazole rings is 1. The molecule has 2 aromatic heterocycles. The van der Waals surface area contributed by atoms with E-state index in [-0.39, 0.29) is 28.0 Å². The van der Waals surface area contributed by atoms with Crippen LogP contribution in [-0.2, 0) is 0 Å². The third kappa shape index (κ3) is 3.37. The molecule has 7 heteroatoms. The number of nitrogens with zero attached hydrogens (tertiary/aromatic N) is 2. The monoisotopic (exact) mass is 362 g/mol. The fraction of sp³-hybridized carbons (Fsp3) is 0.235. The molecule has 0 bridgehead atoms. The van der Waals surface area contributed by atoms with Crippen molar-refractivity contribution in [1.82, 2.24) is 20.3 Å². The van der Waals surface area contributed by atoms with Crippen molar-refractivity contribution >= 4 is 40.1 Å². The SMILES string of the molecule is CC(C)[C@H](NC(=O)c1cnc(Cl)c(Cl)c1)c1nc2ccccc2[nH]1. The Morgan fingerprint density at radius 1 is 1.25 bits per heavy atom. The number of halogens is 2. The van der Waals surface area contributed by atoms with Gasteiger partial charge in [0.25, 0.3) is 5.91 Å². The van der Waals surface area contributed by atoms with Gasteiger partial charge in [0.05, 0.1) is 27.7 Å². The molecule has 0 saturated heterocycles. The minimum atomic E-state index is -0.278. The number of aromatic nitrogens is 3. The standard InChI is InChI=1S/C17H16Cl2N4O/c1-9(2)14(16-21-12-5-3-4-6-13(12)22-16)23-17(24)10-7-11(18)15(19)20-8-10/h3-9,14H,1-2H3,(H,21,22)(H,23,24)/t14-/m0/s1. The molecule has 2 heterocycles. The summed E-state index contributed by atoms with van der Waals surface area (Å²) in [6.07, 6.45) is 1.40. The van der Waals surface area contributed by atoms with E-state index >= 15 is 0 Å². The lowest BCUT2D eigenvalue weighted by Gasteiger charge is -2.20. The molecule has 5 nitrogen and oxygen atoms in total. The van der Waals surface area contributed by atoms with Crippen LogP contribution in [0.1, 0.15) is 36.1 Å². The van der Waals surface area contributed by atoms with E-state index in [9.17, 15) is 4.79 Å². The lowest BCUT2D eigenvalue weighted by Crippen LogP contribution is -2.32. The van der Waals surface area contributed by atoms with E-state index in [1.54, 1.807) is 0 Å². The zero-order valence-electron chi connectivity index (χ0n) is 13.2. The van der Waals surface area contributed by atoms with Crippen LogP contribution in [0.25, 0.3) is 11.0 Å². The molecule has 1 amide bonds. The minimum Gasteiger partial charge on any atom is -0.342 e. The predicted molar refractivity (Wildman–Crippen MR) is 95.4 cm³/mol. The maximum atomic E-state index is 12.5. The number of para-hydroxylation sites is 2. The molecule has 0 spiro atoms. The Balaban J connectivity index is 1.88. The van der Waals surface area contributed by atoms with Gasteiger partial charge in [-0.15, -0.1) is 0 Å². The summed E-state index contributed by atoms with van der Waals surface area (Å²) in [5.41, 5.74) is 2.15. The highest BCUT2D eigenvalue weighted by Gasteiger charge is 2.23. The minimum absolute atomic E-state index is 0.144. The van der Waals surface area contributed by atoms with Crippen LogP contribution < -0.4 is 5.32 Å². The molecular formula is C17H16Cl2N4O. The molecule has 124 valence electrons. The Kier molecular flexibility index (Phi) is 4.73. The van der Waals surface area contributed by atoms with Crippen LogP contribution in [0.5, 0.6) is 0 Å². The van der Waals surface area contributed by atoms with Crippen molar-refractivity contribution in [3.63, 3.8) is 0 Å². The summed E-state index contributed by atoms with van der Waals surface area (Å²) in [4.78, 5) is 24.3. The summed E-state index contributed by atoms with van der Waals surface area (Å²) in [7, 11) is 0. The average molecular weight is 363 g/mol. The Labute approximate surface area is 149 Å². The van der Waals surface area contributed by atoms with Crippen molar-refractivity contribution in [2.45, 2.75) is 19.9 Å². The van der Waals surface area contributed by atoms with E-state index in [0.717, 1.165) is 11.0 Å². The van der Waals surface area contributed by atoms with Crippen LogP contribution in [0.4, 0.5) is 0 Å². The summed E-state index contributed by atoms with van der Waals surface area (Å²) in [6.45, 7) is 4.04. The highest BCUT2D eigenvalue weighted by atomic mass is 35.5. The smallest absolute Gasteiger partial charge is 0.253 e. The largest absolute Gasteiger partial charge is 0.342 e. The Morgan fingerprint density at radius 2 is 2.00 bits per heavy atom. The van der Waals surface area contributed by atoms with Crippen LogP contribution in [0, 0.1) is 5.92 Å². The molecule has 0 saturated carbocycles. The number of carbonyl (C=O) groups excluding carboxylic acids is 1. The molecule has 0 radical (unpaired) electrons. The van der Waals surface area contributed by atoms with Gasteiger partial charge in [0, 0.05) is 6.20 Å². The molecule has 0 aliphatic heterocycles. The van der Waals surface area contributed by atoms with E-state index in [1.807, 2.05) is 38.1 Å². The van der Waals surface area contributed by atoms with E-state index in [2.05, 4.69) is 20.3 Å². The summed E-state index contributed by atoms with van der Waals surface area (Å²) >= 11 is 11.7. The zero-order chi connectivity index (χ0) is 17.3. The maximum Gasteiger partial charge on any atom is 0.253 e. The quantitative estimate of drug-likeness (QED) is 0.676. The fourth-order valence-electron chi connectivity index (χ4n) is 2.44. The molecule has 2 N–H and O–H groups in total. The molecule has 0 aliphatic carbocycles. The first-order valence-corrected chi connectivity index (χ1v) is 8.28. The van der Waals surface area contributed by atoms with Crippen molar-refractivity contribution < 1.29 is 4.79 Å². The van der Waals surface area contributed by atoms with Crippen molar-refractivity contribution in [2.75, 3.05) is 0 Å². The van der Waals surface area contributed by atoms with Crippen molar-refractivity contribution in [2.24, 2.45) is 5.92 Å². The van der Waals surface area contributed by atoms with Crippen molar-refractivity contribution in [3.05, 3.63) is 58.1 Å². The third-order valence-corrected chi connectivity index (χ3v) is 4.40. The second kappa shape index (κ2) is 6.79. The first kappa shape index (κ1) is 16.7. The van der Waals surface area contributed by atoms with Gasteiger partial charge in [0.1, 0.15) is 11.0 Å². The van der Waals surface area contributed by atoms with Gasteiger partial charge in [-0.1, -0.05) is 49.2 Å². The average Bonchev–Trinajstić information content (AvgIpc) is 2.98. The number of rotatable bonds is 4. The number of H-pyrrole nitrogens is 1. The molecule has 3 aromatic rings. The predicted octanol–water partition coefficient (Wildman–Crippen LogP) is 4.39. The second-order valence-electron chi connectivity index (χ2n) is 5.83. The number of hydrogen-bond acceptors (Lipinski definition) is 3. The number of fused-ring (bicyclic) bond motifs is 1. The topological polar surface area (TPSA) is 70.7 Å². The summed E-state index contributed by atoms with van der Waals surface area (Å²) in [6, 6.07) is 8.99. The van der Waals surface area contributed by atoms with Gasteiger partial charge in [-0.3, -0.25) is 4.79 Å². The number of hydrogen-bond donors (Lipinski definition) is 2.